The Kier molecular flexibility index (Phi) is 6.00. The molecule has 19 heavy (non-hydrogen) atoms. The van der Waals surface area contributed by atoms with Gasteiger partial charge in [0.2, 0.25) is 18.0 Å². The maximum absolute atomic E-state index is 11.7. The molecule has 0 aliphatic heterocycles. The number of nitrogens with one attached hydrogen (secondary N) is 1. The fraction of sp³-hybridized carbons (Fsp3) is 0.333. The largest absolute Gasteiger partial charge is 0.478 e. The number of hydrogen-bond donors (Lipinski definition) is 2. The minimum absolute atomic E-state index is 0.0953. The van der Waals surface area contributed by atoms with Gasteiger partial charge in [0.05, 0.1) is 5.51 Å². The van der Waals surface area contributed by atoms with Crippen molar-refractivity contribution in [1.29, 1.82) is 0 Å². The Morgan fingerprint density at radius 2 is 2.11 bits per heavy atom. The van der Waals surface area contributed by atoms with Crippen LogP contribution in [0.2, 0.25) is 0 Å². The predicted molar refractivity (Wildman–Crippen MR) is 70.6 cm³/mol. The number of halogens is 2. The number of nitrogens with zero attached hydrogens (tertiary/aromatic N) is 2. The van der Waals surface area contributed by atoms with Crippen LogP contribution in [0.5, 0.6) is 0 Å². The molecule has 0 fully saturated rings. The number of carbonyl (C=O) groups excluding carboxylic acids is 2. The van der Waals surface area contributed by atoms with Crippen LogP contribution in [0.1, 0.15) is 0 Å². The highest BCUT2D eigenvalue weighted by molar-refractivity contribution is 7.07. The summed E-state index contributed by atoms with van der Waals surface area (Å²) in [7, 11) is 0. The first kappa shape index (κ1) is 15.7. The Morgan fingerprint density at radius 1 is 1.42 bits per heavy atom. The minimum Gasteiger partial charge on any atom is -0.478 e. The van der Waals surface area contributed by atoms with Crippen LogP contribution in [0.25, 0.3) is 0 Å². The number of carbonyl (C=O) groups is 3. The summed E-state index contributed by atoms with van der Waals surface area (Å²) in [4.78, 5) is 38.8. The first-order valence-electron chi connectivity index (χ1n) is 4.85. The van der Waals surface area contributed by atoms with Crippen molar-refractivity contribution in [1.82, 2.24) is 10.3 Å². The molecule has 2 N–H and O–H groups in total. The van der Waals surface area contributed by atoms with Crippen molar-refractivity contribution in [2.75, 3.05) is 16.7 Å². The van der Waals surface area contributed by atoms with E-state index in [9.17, 15) is 14.4 Å². The topological polar surface area (TPSA) is 99.6 Å². The van der Waals surface area contributed by atoms with E-state index in [1.807, 2.05) is 0 Å². The van der Waals surface area contributed by atoms with Crippen molar-refractivity contribution in [2.45, 2.75) is 6.17 Å². The van der Waals surface area contributed by atoms with Crippen molar-refractivity contribution in [2.24, 2.45) is 0 Å². The van der Waals surface area contributed by atoms with E-state index in [0.717, 1.165) is 4.90 Å². The molecule has 1 heterocycles. The molecule has 0 radical (unpaired) electrons. The van der Waals surface area contributed by atoms with E-state index in [1.54, 1.807) is 0 Å². The first-order chi connectivity index (χ1) is 9.01. The van der Waals surface area contributed by atoms with Gasteiger partial charge in [-0.3, -0.25) is 14.5 Å². The molecular weight excluding hydrogens is 317 g/mol. The van der Waals surface area contributed by atoms with E-state index < -0.39 is 35.7 Å². The van der Waals surface area contributed by atoms with Crippen LogP contribution in [0.15, 0.2) is 10.9 Å². The smallest absolute Gasteiger partial charge is 0.347 e. The van der Waals surface area contributed by atoms with Gasteiger partial charge in [-0.2, -0.15) is 0 Å². The average molecular weight is 326 g/mol. The Hall–Kier alpha value is -1.38. The first-order valence-corrected chi connectivity index (χ1v) is 6.86. The Morgan fingerprint density at radius 3 is 2.53 bits per heavy atom. The number of carboxylic acid groups (broad SMARTS) is 1. The van der Waals surface area contributed by atoms with Crippen LogP contribution in [0.4, 0.5) is 5.82 Å². The summed E-state index contributed by atoms with van der Waals surface area (Å²) >= 11 is 11.9. The van der Waals surface area contributed by atoms with Gasteiger partial charge in [0.25, 0.3) is 0 Å². The van der Waals surface area contributed by atoms with Crippen LogP contribution >= 0.6 is 34.5 Å². The highest BCUT2D eigenvalue weighted by Crippen LogP contribution is 2.17. The lowest BCUT2D eigenvalue weighted by atomic mass is 10.3. The maximum atomic E-state index is 11.7. The Labute approximate surface area is 122 Å². The summed E-state index contributed by atoms with van der Waals surface area (Å²) in [6.45, 7) is 0. The second-order valence-electron chi connectivity index (χ2n) is 3.19. The molecular formula is C9H9Cl2N3O4S. The number of anilines is 1. The number of hydrogen-bond acceptors (Lipinski definition) is 5. The molecule has 1 rings (SSSR count). The van der Waals surface area contributed by atoms with Gasteiger partial charge in [-0.25, -0.2) is 9.78 Å². The molecule has 0 spiro atoms. The summed E-state index contributed by atoms with van der Waals surface area (Å²) in [5.74, 6) is -3.63. The highest BCUT2D eigenvalue weighted by Gasteiger charge is 2.32. The molecule has 0 aliphatic rings. The van der Waals surface area contributed by atoms with Gasteiger partial charge in [-0.1, -0.05) is 0 Å². The number of amides is 2. The van der Waals surface area contributed by atoms with Crippen LogP contribution < -0.4 is 10.2 Å². The number of alkyl halides is 2. The third-order valence-electron chi connectivity index (χ3n) is 1.96. The SMILES string of the molecule is O=C(CCl)NC(C(=O)O)N(C(=O)CCl)c1cscn1. The lowest BCUT2D eigenvalue weighted by Gasteiger charge is -2.26. The normalized spacial score (nSPS) is 11.7. The highest BCUT2D eigenvalue weighted by atomic mass is 35.5. The van der Waals surface area contributed by atoms with Gasteiger partial charge in [0.15, 0.2) is 0 Å². The van der Waals surface area contributed by atoms with Crippen LogP contribution in [-0.4, -0.2) is 45.8 Å². The van der Waals surface area contributed by atoms with Crippen LogP contribution in [0.3, 0.4) is 0 Å². The van der Waals surface area contributed by atoms with Crippen LogP contribution in [-0.2, 0) is 14.4 Å². The molecule has 2 amide bonds. The molecule has 1 aromatic rings. The predicted octanol–water partition coefficient (Wildman–Crippen LogP) is 0.481. The average Bonchev–Trinajstić information content (AvgIpc) is 2.90. The maximum Gasteiger partial charge on any atom is 0.347 e. The molecule has 0 aromatic carbocycles. The lowest BCUT2D eigenvalue weighted by Crippen LogP contribution is -2.56. The summed E-state index contributed by atoms with van der Waals surface area (Å²) in [5.41, 5.74) is 1.42. The third-order valence-corrected chi connectivity index (χ3v) is 3.01. The van der Waals surface area contributed by atoms with Crippen molar-refractivity contribution < 1.29 is 19.5 Å². The standard InChI is InChI=1S/C9H9Cl2N3O4S/c10-1-6(15)13-8(9(17)18)14(7(16)2-11)5-3-19-4-12-5/h3-4,8H,1-2H2,(H,13,15)(H,17,18). The monoisotopic (exact) mass is 325 g/mol. The molecule has 1 atom stereocenters. The summed E-state index contributed by atoms with van der Waals surface area (Å²) in [6, 6.07) is 0. The van der Waals surface area contributed by atoms with E-state index in [2.05, 4.69) is 10.3 Å². The van der Waals surface area contributed by atoms with Gasteiger partial charge >= 0.3 is 5.97 Å². The third kappa shape index (κ3) is 4.05. The van der Waals surface area contributed by atoms with E-state index in [-0.39, 0.29) is 5.82 Å². The second kappa shape index (κ2) is 7.27. The summed E-state index contributed by atoms with van der Waals surface area (Å²) < 4.78 is 0. The van der Waals surface area contributed by atoms with Gasteiger partial charge in [0.1, 0.15) is 17.6 Å². The molecule has 0 saturated carbocycles. The van der Waals surface area contributed by atoms with Crippen molar-refractivity contribution in [3.05, 3.63) is 10.9 Å². The molecule has 10 heteroatoms. The second-order valence-corrected chi connectivity index (χ2v) is 4.44. The van der Waals surface area contributed by atoms with E-state index in [0.29, 0.717) is 0 Å². The number of carboxylic acids is 1. The zero-order chi connectivity index (χ0) is 14.4. The number of thiazole rings is 1. The Bertz CT molecular complexity index is 468. The van der Waals surface area contributed by atoms with E-state index in [1.165, 1.54) is 22.2 Å². The van der Waals surface area contributed by atoms with Gasteiger partial charge in [0, 0.05) is 5.38 Å². The van der Waals surface area contributed by atoms with Gasteiger partial charge in [-0.05, 0) is 0 Å². The van der Waals surface area contributed by atoms with Crippen molar-refractivity contribution in [3.8, 4) is 0 Å². The molecule has 0 saturated heterocycles. The molecule has 0 bridgehead atoms. The zero-order valence-corrected chi connectivity index (χ0v) is 11.7. The summed E-state index contributed by atoms with van der Waals surface area (Å²) in [5, 5.41) is 12.7. The number of aliphatic carboxylic acids is 1. The van der Waals surface area contributed by atoms with E-state index >= 15 is 0 Å². The fourth-order valence-corrected chi connectivity index (χ4v) is 1.95. The van der Waals surface area contributed by atoms with Crippen molar-refractivity contribution in [3.63, 3.8) is 0 Å². The molecule has 7 nitrogen and oxygen atoms in total. The summed E-state index contributed by atoms with van der Waals surface area (Å²) in [6.07, 6.45) is -1.61. The zero-order valence-electron chi connectivity index (χ0n) is 9.38. The molecule has 104 valence electrons. The molecule has 0 aliphatic carbocycles. The van der Waals surface area contributed by atoms with E-state index in [4.69, 9.17) is 28.3 Å². The lowest BCUT2D eigenvalue weighted by molar-refractivity contribution is -0.142. The van der Waals surface area contributed by atoms with Gasteiger partial charge < -0.3 is 10.4 Å². The van der Waals surface area contributed by atoms with Crippen molar-refractivity contribution >= 4 is 58.1 Å². The number of rotatable bonds is 6. The quantitative estimate of drug-likeness (QED) is 0.585. The van der Waals surface area contributed by atoms with Crippen LogP contribution in [0, 0.1) is 0 Å². The number of aromatic nitrogens is 1. The Balaban J connectivity index is 3.08. The van der Waals surface area contributed by atoms with Gasteiger partial charge in [-0.15, -0.1) is 34.5 Å². The minimum atomic E-state index is -1.61. The molecule has 1 unspecified atom stereocenters. The molecule has 1 aromatic heterocycles. The fourth-order valence-electron chi connectivity index (χ4n) is 1.22.